The minimum absolute atomic E-state index is 0.0408. The van der Waals surface area contributed by atoms with E-state index in [1.54, 1.807) is 0 Å². The lowest BCUT2D eigenvalue weighted by Crippen LogP contribution is -2.47. The second-order valence-corrected chi connectivity index (χ2v) is 12.8. The van der Waals surface area contributed by atoms with Crippen molar-refractivity contribution in [1.82, 2.24) is 0 Å². The normalized spacial score (nSPS) is 27.6. The summed E-state index contributed by atoms with van der Waals surface area (Å²) >= 11 is 0. The Kier molecular flexibility index (Phi) is 7.33. The molecule has 0 N–H and O–H groups in total. The molecular weight excluding hydrogens is 322 g/mol. The molecule has 1 heterocycles. The van der Waals surface area contributed by atoms with E-state index in [-0.39, 0.29) is 35.2 Å². The minimum Gasteiger partial charge on any atom is -0.463 e. The lowest BCUT2D eigenvalue weighted by atomic mass is 9.99. The first-order valence-corrected chi connectivity index (χ1v) is 11.5. The van der Waals surface area contributed by atoms with Crippen molar-refractivity contribution in [2.45, 2.75) is 71.1 Å². The summed E-state index contributed by atoms with van der Waals surface area (Å²) in [6, 6.07) is 0. The summed E-state index contributed by atoms with van der Waals surface area (Å²) in [7, 11) is -1.84. The molecule has 1 aliphatic rings. The number of rotatable bonds is 8. The smallest absolute Gasteiger partial charge is 0.271 e. The molecule has 0 bridgehead atoms. The van der Waals surface area contributed by atoms with Gasteiger partial charge in [-0.25, -0.2) is 6.57 Å². The van der Waals surface area contributed by atoms with E-state index in [0.29, 0.717) is 19.8 Å². The van der Waals surface area contributed by atoms with E-state index in [4.69, 9.17) is 25.2 Å². The van der Waals surface area contributed by atoms with Crippen molar-refractivity contribution in [3.63, 3.8) is 0 Å². The second-order valence-electron chi connectivity index (χ2n) is 7.99. The van der Waals surface area contributed by atoms with Gasteiger partial charge in [-0.2, -0.15) is 0 Å². The molecular formula is C18H33NO4Si. The molecule has 0 saturated carbocycles. The van der Waals surface area contributed by atoms with Gasteiger partial charge in [-0.1, -0.05) is 27.7 Å². The highest BCUT2D eigenvalue weighted by Crippen LogP contribution is 2.41. The topological polar surface area (TPSA) is 41.3 Å². The first-order chi connectivity index (χ1) is 11.0. The quantitative estimate of drug-likeness (QED) is 0.283. The van der Waals surface area contributed by atoms with Gasteiger partial charge in [0.2, 0.25) is 6.54 Å². The standard InChI is InChI=1S/C18H33NO4Si/c1-13-16(12-21-15(3)20-11-10-19-7)22-14(2)17(13)23-24(8,9)18(4,5)6/h13-14,16-17H,3,10-12H2,1-2,4-6,8-9H3/t13-,14-,16+,17?/m0/s1. The lowest BCUT2D eigenvalue weighted by Gasteiger charge is -2.40. The Labute approximate surface area is 148 Å². The van der Waals surface area contributed by atoms with E-state index >= 15 is 0 Å². The summed E-state index contributed by atoms with van der Waals surface area (Å²) in [6.45, 7) is 26.9. The Bertz CT molecular complexity index is 467. The number of hydrogen-bond acceptors (Lipinski definition) is 4. The Balaban J connectivity index is 2.55. The molecule has 138 valence electrons. The van der Waals surface area contributed by atoms with E-state index in [2.05, 4.69) is 59.1 Å². The third-order valence-corrected chi connectivity index (χ3v) is 9.54. The summed E-state index contributed by atoms with van der Waals surface area (Å²) in [5.41, 5.74) is 0. The molecule has 4 atom stereocenters. The van der Waals surface area contributed by atoms with E-state index in [1.165, 1.54) is 0 Å². The zero-order valence-corrected chi connectivity index (χ0v) is 17.2. The zero-order valence-electron chi connectivity index (χ0n) is 16.2. The van der Waals surface area contributed by atoms with Crippen molar-refractivity contribution in [2.75, 3.05) is 19.8 Å². The van der Waals surface area contributed by atoms with Gasteiger partial charge in [0.25, 0.3) is 5.95 Å². The van der Waals surface area contributed by atoms with Crippen LogP contribution < -0.4 is 0 Å². The van der Waals surface area contributed by atoms with Gasteiger partial charge in [-0.15, -0.1) is 0 Å². The van der Waals surface area contributed by atoms with Crippen molar-refractivity contribution in [2.24, 2.45) is 5.92 Å². The number of ether oxygens (including phenoxy) is 3. The molecule has 0 spiro atoms. The predicted molar refractivity (Wildman–Crippen MR) is 98.1 cm³/mol. The first kappa shape index (κ1) is 21.0. The van der Waals surface area contributed by atoms with Crippen LogP contribution in [-0.2, 0) is 18.6 Å². The van der Waals surface area contributed by atoms with Crippen molar-refractivity contribution in [3.05, 3.63) is 23.9 Å². The molecule has 0 radical (unpaired) electrons. The van der Waals surface area contributed by atoms with Crippen LogP contribution in [0.5, 0.6) is 0 Å². The van der Waals surface area contributed by atoms with E-state index < -0.39 is 8.32 Å². The fourth-order valence-electron chi connectivity index (χ4n) is 2.45. The molecule has 0 aromatic heterocycles. The largest absolute Gasteiger partial charge is 0.463 e. The highest BCUT2D eigenvalue weighted by molar-refractivity contribution is 6.74. The molecule has 1 unspecified atom stereocenters. The van der Waals surface area contributed by atoms with Gasteiger partial charge in [0, 0.05) is 5.92 Å². The fraction of sp³-hybridized carbons (Fsp3) is 0.833. The maximum Gasteiger partial charge on any atom is 0.271 e. The number of hydrogen-bond donors (Lipinski definition) is 0. The van der Waals surface area contributed by atoms with Crippen molar-refractivity contribution in [1.29, 1.82) is 0 Å². The van der Waals surface area contributed by atoms with E-state index in [1.807, 2.05) is 0 Å². The first-order valence-electron chi connectivity index (χ1n) is 8.60. The van der Waals surface area contributed by atoms with E-state index in [0.717, 1.165) is 0 Å². The van der Waals surface area contributed by atoms with Crippen molar-refractivity contribution < 1.29 is 18.6 Å². The molecule has 1 aliphatic heterocycles. The SMILES string of the molecule is [C-]#[N+]CCOC(=C)OC[C@H]1O[C@@H](C)C(O[Si](C)(C)C(C)(C)C)[C@H]1C. The Hall–Kier alpha value is -1.03. The van der Waals surface area contributed by atoms with E-state index in [9.17, 15) is 0 Å². The van der Waals surface area contributed by atoms with Crippen LogP contribution in [0.15, 0.2) is 12.5 Å². The summed E-state index contributed by atoms with van der Waals surface area (Å²) in [6.07, 6.45) is 0.0748. The van der Waals surface area contributed by atoms with Gasteiger partial charge in [-0.05, 0) is 31.6 Å². The predicted octanol–water partition coefficient (Wildman–Crippen LogP) is 4.22. The van der Waals surface area contributed by atoms with Gasteiger partial charge >= 0.3 is 0 Å². The maximum atomic E-state index is 6.72. The highest BCUT2D eigenvalue weighted by Gasteiger charge is 2.47. The average Bonchev–Trinajstić information content (AvgIpc) is 2.71. The van der Waals surface area contributed by atoms with Crippen molar-refractivity contribution in [3.8, 4) is 0 Å². The highest BCUT2D eigenvalue weighted by atomic mass is 28.4. The average molecular weight is 356 g/mol. The molecule has 1 saturated heterocycles. The molecule has 0 aromatic carbocycles. The summed E-state index contributed by atoms with van der Waals surface area (Å²) in [5, 5.41) is 0.173. The molecule has 0 amide bonds. The molecule has 6 heteroatoms. The third-order valence-electron chi connectivity index (χ3n) is 5.07. The maximum absolute atomic E-state index is 6.72. The summed E-state index contributed by atoms with van der Waals surface area (Å²) in [4.78, 5) is 3.22. The Morgan fingerprint density at radius 1 is 1.25 bits per heavy atom. The van der Waals surface area contributed by atoms with Crippen LogP contribution in [0.2, 0.25) is 18.1 Å². The van der Waals surface area contributed by atoms with Crippen LogP contribution in [0.1, 0.15) is 34.6 Å². The van der Waals surface area contributed by atoms with Gasteiger partial charge in [0.05, 0.1) is 18.3 Å². The summed E-state index contributed by atoms with van der Waals surface area (Å²) < 4.78 is 23.4. The molecule has 24 heavy (non-hydrogen) atoms. The van der Waals surface area contributed by atoms with Crippen LogP contribution in [0.3, 0.4) is 0 Å². The summed E-state index contributed by atoms with van der Waals surface area (Å²) in [5.74, 6) is 0.487. The van der Waals surface area contributed by atoms with Crippen LogP contribution in [0, 0.1) is 12.5 Å². The lowest BCUT2D eigenvalue weighted by molar-refractivity contribution is -0.0386. The molecule has 5 nitrogen and oxygen atoms in total. The zero-order chi connectivity index (χ0) is 18.5. The van der Waals surface area contributed by atoms with Crippen LogP contribution in [-0.4, -0.2) is 46.4 Å². The van der Waals surface area contributed by atoms with Crippen LogP contribution >= 0.6 is 0 Å². The Morgan fingerprint density at radius 3 is 2.42 bits per heavy atom. The monoisotopic (exact) mass is 355 g/mol. The molecule has 0 aliphatic carbocycles. The molecule has 1 fully saturated rings. The number of nitrogens with zero attached hydrogens (tertiary/aromatic N) is 1. The Morgan fingerprint density at radius 2 is 1.88 bits per heavy atom. The van der Waals surface area contributed by atoms with Gasteiger partial charge in [-0.3, -0.25) is 0 Å². The van der Waals surface area contributed by atoms with Gasteiger partial charge in [0.15, 0.2) is 14.9 Å². The van der Waals surface area contributed by atoms with Crippen LogP contribution in [0.4, 0.5) is 0 Å². The molecule has 0 aromatic rings. The van der Waals surface area contributed by atoms with Gasteiger partial charge in [0.1, 0.15) is 6.61 Å². The minimum atomic E-state index is -1.84. The fourth-order valence-corrected chi connectivity index (χ4v) is 3.89. The van der Waals surface area contributed by atoms with Crippen LogP contribution in [0.25, 0.3) is 4.85 Å². The van der Waals surface area contributed by atoms with Gasteiger partial charge < -0.3 is 23.5 Å². The third kappa shape index (κ3) is 5.51. The second kappa shape index (κ2) is 8.37. The van der Waals surface area contributed by atoms with Crippen molar-refractivity contribution >= 4 is 8.32 Å². The molecule has 1 rings (SSSR count).